The van der Waals surface area contributed by atoms with Gasteiger partial charge in [0.05, 0.1) is 17.6 Å². The largest absolute Gasteiger partial charge is 0.364 e. The number of anilines is 1. The number of hydrogen-bond acceptors (Lipinski definition) is 6. The summed E-state index contributed by atoms with van der Waals surface area (Å²) in [6, 6.07) is 13.6. The molecule has 0 spiro atoms. The van der Waals surface area contributed by atoms with E-state index in [2.05, 4.69) is 25.5 Å². The van der Waals surface area contributed by atoms with Crippen LogP contribution in [0.25, 0.3) is 22.4 Å². The van der Waals surface area contributed by atoms with E-state index in [-0.39, 0.29) is 17.3 Å². The van der Waals surface area contributed by atoms with Crippen molar-refractivity contribution in [1.29, 1.82) is 0 Å². The fourth-order valence-corrected chi connectivity index (χ4v) is 3.49. The van der Waals surface area contributed by atoms with Crippen molar-refractivity contribution < 1.29 is 14.0 Å². The molecule has 9 heteroatoms. The maximum atomic E-state index is 14.3. The highest BCUT2D eigenvalue weighted by Crippen LogP contribution is 2.29. The van der Waals surface area contributed by atoms with Gasteiger partial charge in [0, 0.05) is 34.8 Å². The van der Waals surface area contributed by atoms with Crippen LogP contribution in [0.1, 0.15) is 46.0 Å². The Kier molecular flexibility index (Phi) is 6.33. The molecule has 8 nitrogen and oxygen atoms in total. The average molecular weight is 471 g/mol. The van der Waals surface area contributed by atoms with E-state index >= 15 is 0 Å². The predicted octanol–water partition coefficient (Wildman–Crippen LogP) is 4.46. The highest BCUT2D eigenvalue weighted by atomic mass is 19.1. The number of carbonyl (C=O) groups is 2. The lowest BCUT2D eigenvalue weighted by molar-refractivity contribution is 0.0993. The Labute approximate surface area is 201 Å². The van der Waals surface area contributed by atoms with E-state index in [1.54, 1.807) is 24.4 Å². The van der Waals surface area contributed by atoms with E-state index < -0.39 is 11.6 Å². The van der Waals surface area contributed by atoms with Gasteiger partial charge in [0.1, 0.15) is 11.4 Å². The molecule has 0 radical (unpaired) electrons. The Morgan fingerprint density at radius 3 is 2.49 bits per heavy atom. The Balaban J connectivity index is 1.63. The number of nitrogens with one attached hydrogen (secondary N) is 1. The lowest BCUT2D eigenvalue weighted by atomic mass is 9.99. The second kappa shape index (κ2) is 9.38. The van der Waals surface area contributed by atoms with E-state index in [1.165, 1.54) is 38.4 Å². The minimum absolute atomic E-state index is 0.131. The molecule has 3 aromatic heterocycles. The lowest BCUT2D eigenvalue weighted by Crippen LogP contribution is -2.16. The molecule has 0 saturated carbocycles. The summed E-state index contributed by atoms with van der Waals surface area (Å²) < 4.78 is 14.3. The second-order valence-electron chi connectivity index (χ2n) is 8.51. The number of benzene rings is 1. The number of pyridine rings is 2. The zero-order valence-corrected chi connectivity index (χ0v) is 19.4. The molecular formula is C26H23FN6O2. The molecule has 0 unspecified atom stereocenters. The first-order chi connectivity index (χ1) is 16.6. The molecule has 0 fully saturated rings. The second-order valence-corrected chi connectivity index (χ2v) is 8.51. The molecule has 0 saturated heterocycles. The average Bonchev–Trinajstić information content (AvgIpc) is 2.85. The zero-order chi connectivity index (χ0) is 25.2. The summed E-state index contributed by atoms with van der Waals surface area (Å²) in [6.45, 7) is 4.72. The van der Waals surface area contributed by atoms with Crippen LogP contribution in [0.5, 0.6) is 0 Å². The summed E-state index contributed by atoms with van der Waals surface area (Å²) in [6.07, 6.45) is 4.52. The first kappa shape index (κ1) is 23.6. The van der Waals surface area contributed by atoms with Gasteiger partial charge < -0.3 is 11.1 Å². The number of rotatable bonds is 6. The molecule has 3 N–H and O–H groups in total. The standard InChI is InChI=1S/C26H23FN6O2/c1-15-4-5-19(32-25(35)17-7-9-30-23(12-17)26(2,3)27)13-20(15)18-11-21(33-31-14-18)16-6-8-29-22(10-16)24(28)34/h4-14H,1-3H3,(H2,28,34)(H,32,35). The third kappa shape index (κ3) is 5.35. The number of alkyl halides is 1. The van der Waals surface area contributed by atoms with E-state index in [4.69, 9.17) is 5.73 Å². The Hall–Kier alpha value is -4.53. The Morgan fingerprint density at radius 2 is 1.74 bits per heavy atom. The number of aromatic nitrogens is 4. The van der Waals surface area contributed by atoms with Crippen LogP contribution in [0.15, 0.2) is 67.1 Å². The normalized spacial score (nSPS) is 11.2. The van der Waals surface area contributed by atoms with Gasteiger partial charge in [-0.25, -0.2) is 4.39 Å². The van der Waals surface area contributed by atoms with Crippen molar-refractivity contribution in [2.75, 3.05) is 5.32 Å². The van der Waals surface area contributed by atoms with Gasteiger partial charge in [-0.1, -0.05) is 6.07 Å². The molecule has 1 aromatic carbocycles. The molecule has 0 atom stereocenters. The zero-order valence-electron chi connectivity index (χ0n) is 19.4. The van der Waals surface area contributed by atoms with Gasteiger partial charge in [0.2, 0.25) is 0 Å². The predicted molar refractivity (Wildman–Crippen MR) is 130 cm³/mol. The summed E-state index contributed by atoms with van der Waals surface area (Å²) in [5.74, 6) is -1.01. The van der Waals surface area contributed by atoms with Gasteiger partial charge >= 0.3 is 0 Å². The first-order valence-electron chi connectivity index (χ1n) is 10.8. The van der Waals surface area contributed by atoms with Crippen molar-refractivity contribution in [3.05, 3.63) is 89.6 Å². The van der Waals surface area contributed by atoms with E-state index in [0.29, 0.717) is 22.5 Å². The quantitative estimate of drug-likeness (QED) is 0.429. The van der Waals surface area contributed by atoms with Crippen molar-refractivity contribution in [3.8, 4) is 22.4 Å². The molecule has 0 aliphatic heterocycles. The topological polar surface area (TPSA) is 124 Å². The Bertz CT molecular complexity index is 1430. The smallest absolute Gasteiger partial charge is 0.267 e. The highest BCUT2D eigenvalue weighted by Gasteiger charge is 2.22. The van der Waals surface area contributed by atoms with Gasteiger partial charge in [0.25, 0.3) is 11.8 Å². The molecule has 4 aromatic rings. The van der Waals surface area contributed by atoms with Crippen LogP contribution in [0.3, 0.4) is 0 Å². The minimum atomic E-state index is -1.66. The molecule has 3 heterocycles. The van der Waals surface area contributed by atoms with Crippen LogP contribution in [-0.4, -0.2) is 32.0 Å². The number of primary amides is 1. The third-order valence-electron chi connectivity index (χ3n) is 5.40. The molecule has 176 valence electrons. The first-order valence-corrected chi connectivity index (χ1v) is 10.8. The maximum Gasteiger partial charge on any atom is 0.267 e. The van der Waals surface area contributed by atoms with Crippen molar-refractivity contribution in [2.45, 2.75) is 26.4 Å². The van der Waals surface area contributed by atoms with Crippen molar-refractivity contribution in [2.24, 2.45) is 5.73 Å². The number of halogens is 1. The van der Waals surface area contributed by atoms with E-state index in [9.17, 15) is 14.0 Å². The maximum absolute atomic E-state index is 14.3. The molecule has 4 rings (SSSR count). The summed E-state index contributed by atoms with van der Waals surface area (Å²) in [5.41, 5.74) is 8.61. The monoisotopic (exact) mass is 470 g/mol. The van der Waals surface area contributed by atoms with Crippen molar-refractivity contribution in [1.82, 2.24) is 20.2 Å². The number of aryl methyl sites for hydroxylation is 1. The van der Waals surface area contributed by atoms with Crippen LogP contribution in [0, 0.1) is 6.92 Å². The SMILES string of the molecule is Cc1ccc(NC(=O)c2ccnc(C(C)(C)F)c2)cc1-c1cnnc(-c2ccnc(C(N)=O)c2)c1. The summed E-state index contributed by atoms with van der Waals surface area (Å²) in [7, 11) is 0. The van der Waals surface area contributed by atoms with Crippen LogP contribution in [0.4, 0.5) is 10.1 Å². The summed E-state index contributed by atoms with van der Waals surface area (Å²) in [5, 5.41) is 11.1. The van der Waals surface area contributed by atoms with Crippen LogP contribution < -0.4 is 11.1 Å². The Morgan fingerprint density at radius 1 is 0.971 bits per heavy atom. The fraction of sp³-hybridized carbons (Fsp3) is 0.154. The molecular weight excluding hydrogens is 447 g/mol. The number of hydrogen-bond donors (Lipinski definition) is 2. The number of nitrogens with two attached hydrogens (primary N) is 1. The van der Waals surface area contributed by atoms with Crippen LogP contribution in [0.2, 0.25) is 0 Å². The highest BCUT2D eigenvalue weighted by molar-refractivity contribution is 6.04. The van der Waals surface area contributed by atoms with Crippen molar-refractivity contribution >= 4 is 17.5 Å². The molecule has 0 aliphatic rings. The molecule has 0 aliphatic carbocycles. The van der Waals surface area contributed by atoms with Crippen LogP contribution in [-0.2, 0) is 5.67 Å². The third-order valence-corrected chi connectivity index (χ3v) is 5.40. The summed E-state index contributed by atoms with van der Waals surface area (Å²) >= 11 is 0. The lowest BCUT2D eigenvalue weighted by Gasteiger charge is -2.14. The molecule has 0 bridgehead atoms. The van der Waals surface area contributed by atoms with Gasteiger partial charge in [-0.15, -0.1) is 0 Å². The van der Waals surface area contributed by atoms with Gasteiger partial charge in [-0.05, 0) is 74.4 Å². The summed E-state index contributed by atoms with van der Waals surface area (Å²) in [4.78, 5) is 32.3. The van der Waals surface area contributed by atoms with Gasteiger partial charge in [0.15, 0.2) is 0 Å². The fourth-order valence-electron chi connectivity index (χ4n) is 3.49. The molecule has 2 amide bonds. The van der Waals surface area contributed by atoms with E-state index in [0.717, 1.165) is 16.7 Å². The minimum Gasteiger partial charge on any atom is -0.364 e. The number of carbonyl (C=O) groups excluding carboxylic acids is 2. The van der Waals surface area contributed by atoms with Gasteiger partial charge in [-0.3, -0.25) is 19.6 Å². The van der Waals surface area contributed by atoms with E-state index in [1.807, 2.05) is 25.1 Å². The van der Waals surface area contributed by atoms with Gasteiger partial charge in [-0.2, -0.15) is 10.2 Å². The number of nitrogens with zero attached hydrogens (tertiary/aromatic N) is 4. The van der Waals surface area contributed by atoms with Crippen molar-refractivity contribution in [3.63, 3.8) is 0 Å². The van der Waals surface area contributed by atoms with Crippen LogP contribution >= 0.6 is 0 Å². The number of amides is 2. The molecule has 35 heavy (non-hydrogen) atoms.